The van der Waals surface area contributed by atoms with E-state index in [1.54, 1.807) is 0 Å². The second-order valence-electron chi connectivity index (χ2n) is 5.42. The Morgan fingerprint density at radius 2 is 1.79 bits per heavy atom. The number of aromatic nitrogens is 1. The van der Waals surface area contributed by atoms with E-state index < -0.39 is 0 Å². The average Bonchev–Trinajstić information content (AvgIpc) is 2.33. The summed E-state index contributed by atoms with van der Waals surface area (Å²) in [5.74, 6) is 1.45. The first kappa shape index (κ1) is 13.9. The maximum absolute atomic E-state index is 5.72. The summed E-state index contributed by atoms with van der Waals surface area (Å²) in [6, 6.07) is 11.7. The predicted octanol–water partition coefficient (Wildman–Crippen LogP) is 5.07. The first-order valence-corrected chi connectivity index (χ1v) is 7.14. The van der Waals surface area contributed by atoms with Gasteiger partial charge in [-0.25, -0.2) is 4.98 Å². The molecule has 0 atom stereocenters. The molecule has 0 saturated heterocycles. The number of thioether (sulfide) groups is 1. The van der Waals surface area contributed by atoms with Crippen molar-refractivity contribution >= 4 is 11.8 Å². The lowest BCUT2D eigenvalue weighted by Gasteiger charge is -2.19. The third-order valence-corrected chi connectivity index (χ3v) is 3.68. The lowest BCUT2D eigenvalue weighted by Crippen LogP contribution is -2.07. The third kappa shape index (κ3) is 4.28. The van der Waals surface area contributed by atoms with Gasteiger partial charge in [-0.3, -0.25) is 0 Å². The minimum absolute atomic E-state index is 0.189. The van der Waals surface area contributed by atoms with E-state index >= 15 is 0 Å². The first-order chi connectivity index (χ1) is 8.94. The van der Waals surface area contributed by atoms with Crippen LogP contribution in [0.5, 0.6) is 11.6 Å². The summed E-state index contributed by atoms with van der Waals surface area (Å²) in [6.07, 6.45) is 1.89. The lowest BCUT2D eigenvalue weighted by atomic mass is 10.3. The van der Waals surface area contributed by atoms with E-state index in [-0.39, 0.29) is 4.75 Å². The molecule has 2 nitrogen and oxygen atoms in total. The fourth-order valence-electron chi connectivity index (χ4n) is 1.62. The van der Waals surface area contributed by atoms with Gasteiger partial charge in [-0.15, -0.1) is 11.8 Å². The predicted molar refractivity (Wildman–Crippen MR) is 81.1 cm³/mol. The summed E-state index contributed by atoms with van der Waals surface area (Å²) in [5.41, 5.74) is 1.20. The Balaban J connectivity index is 2.15. The zero-order valence-electron chi connectivity index (χ0n) is 11.8. The molecule has 0 radical (unpaired) electrons. The van der Waals surface area contributed by atoms with Crippen LogP contribution in [-0.2, 0) is 0 Å². The summed E-state index contributed by atoms with van der Waals surface area (Å²) in [5, 5.41) is 0. The molecule has 0 aliphatic rings. The Bertz CT molecular complexity index is 546. The highest BCUT2D eigenvalue weighted by molar-refractivity contribution is 8.00. The van der Waals surface area contributed by atoms with Crippen LogP contribution >= 0.6 is 11.8 Å². The number of pyridine rings is 1. The zero-order chi connectivity index (χ0) is 13.9. The average molecular weight is 273 g/mol. The molecule has 0 spiro atoms. The number of aryl methyl sites for hydroxylation is 1. The third-order valence-electron chi connectivity index (χ3n) is 2.42. The Hall–Kier alpha value is -1.48. The molecule has 0 N–H and O–H groups in total. The van der Waals surface area contributed by atoms with Gasteiger partial charge < -0.3 is 4.74 Å². The van der Waals surface area contributed by atoms with E-state index in [4.69, 9.17) is 4.74 Å². The van der Waals surface area contributed by atoms with Gasteiger partial charge in [0.25, 0.3) is 0 Å². The van der Waals surface area contributed by atoms with E-state index in [1.165, 1.54) is 10.5 Å². The summed E-state index contributed by atoms with van der Waals surface area (Å²) in [4.78, 5) is 5.58. The van der Waals surface area contributed by atoms with Crippen molar-refractivity contribution in [2.45, 2.75) is 37.3 Å². The molecule has 2 rings (SSSR count). The normalized spacial score (nSPS) is 11.4. The SMILES string of the molecule is Cc1cc(Oc2ccccc2)ncc1SC(C)(C)C. The van der Waals surface area contributed by atoms with Crippen LogP contribution in [0.15, 0.2) is 47.5 Å². The molecule has 0 aliphatic carbocycles. The molecule has 1 aromatic heterocycles. The molecule has 0 amide bonds. The maximum Gasteiger partial charge on any atom is 0.219 e. The highest BCUT2D eigenvalue weighted by atomic mass is 32.2. The molecular formula is C16H19NOS. The van der Waals surface area contributed by atoms with Gasteiger partial charge in [0.1, 0.15) is 5.75 Å². The highest BCUT2D eigenvalue weighted by Crippen LogP contribution is 2.34. The maximum atomic E-state index is 5.72. The largest absolute Gasteiger partial charge is 0.439 e. The smallest absolute Gasteiger partial charge is 0.219 e. The Labute approximate surface area is 119 Å². The zero-order valence-corrected chi connectivity index (χ0v) is 12.6. The van der Waals surface area contributed by atoms with Crippen LogP contribution in [0.3, 0.4) is 0 Å². The number of nitrogens with zero attached hydrogens (tertiary/aromatic N) is 1. The van der Waals surface area contributed by atoms with Gasteiger partial charge in [0.05, 0.1) is 0 Å². The molecule has 0 saturated carbocycles. The fraction of sp³-hybridized carbons (Fsp3) is 0.312. The van der Waals surface area contributed by atoms with Gasteiger partial charge >= 0.3 is 0 Å². The quantitative estimate of drug-likeness (QED) is 0.729. The number of ether oxygens (including phenoxy) is 1. The van der Waals surface area contributed by atoms with Crippen molar-refractivity contribution in [2.75, 3.05) is 0 Å². The van der Waals surface area contributed by atoms with Gasteiger partial charge in [-0.2, -0.15) is 0 Å². The van der Waals surface area contributed by atoms with Gasteiger partial charge in [0, 0.05) is 21.9 Å². The summed E-state index contributed by atoms with van der Waals surface area (Å²) in [7, 11) is 0. The van der Waals surface area contributed by atoms with Gasteiger partial charge in [0.15, 0.2) is 0 Å². The summed E-state index contributed by atoms with van der Waals surface area (Å²) >= 11 is 1.82. The molecule has 1 heterocycles. The van der Waals surface area contributed by atoms with Crippen LogP contribution in [0.2, 0.25) is 0 Å². The molecule has 100 valence electrons. The topological polar surface area (TPSA) is 22.1 Å². The minimum atomic E-state index is 0.189. The van der Waals surface area contributed by atoms with Gasteiger partial charge in [0.2, 0.25) is 5.88 Å². The molecule has 2 aromatic rings. The number of hydrogen-bond acceptors (Lipinski definition) is 3. The molecule has 3 heteroatoms. The fourth-order valence-corrected chi connectivity index (χ4v) is 2.60. The first-order valence-electron chi connectivity index (χ1n) is 6.33. The highest BCUT2D eigenvalue weighted by Gasteiger charge is 2.14. The van der Waals surface area contributed by atoms with Crippen LogP contribution in [0, 0.1) is 6.92 Å². The van der Waals surface area contributed by atoms with Crippen LogP contribution < -0.4 is 4.74 Å². The van der Waals surface area contributed by atoms with Crippen molar-refractivity contribution in [2.24, 2.45) is 0 Å². The van der Waals surface area contributed by atoms with Crippen LogP contribution in [0.1, 0.15) is 26.3 Å². The van der Waals surface area contributed by atoms with Crippen molar-refractivity contribution in [1.82, 2.24) is 4.98 Å². The van der Waals surface area contributed by atoms with E-state index in [0.29, 0.717) is 5.88 Å². The Morgan fingerprint density at radius 1 is 1.11 bits per heavy atom. The van der Waals surface area contributed by atoms with E-state index in [0.717, 1.165) is 5.75 Å². The molecule has 1 aromatic carbocycles. The van der Waals surface area contributed by atoms with E-state index in [1.807, 2.05) is 54.4 Å². The van der Waals surface area contributed by atoms with Crippen molar-refractivity contribution in [3.05, 3.63) is 48.2 Å². The summed E-state index contributed by atoms with van der Waals surface area (Å²) in [6.45, 7) is 8.69. The number of benzene rings is 1. The van der Waals surface area contributed by atoms with E-state index in [2.05, 4.69) is 32.7 Å². The van der Waals surface area contributed by atoms with Crippen molar-refractivity contribution in [3.8, 4) is 11.6 Å². The molecule has 19 heavy (non-hydrogen) atoms. The second-order valence-corrected chi connectivity index (χ2v) is 7.29. The molecular weight excluding hydrogens is 254 g/mol. The van der Waals surface area contributed by atoms with Crippen LogP contribution in [0.4, 0.5) is 0 Å². The van der Waals surface area contributed by atoms with Crippen molar-refractivity contribution in [1.29, 1.82) is 0 Å². The molecule has 0 bridgehead atoms. The van der Waals surface area contributed by atoms with Gasteiger partial charge in [-0.05, 0) is 24.6 Å². The van der Waals surface area contributed by atoms with Gasteiger partial charge in [-0.1, -0.05) is 39.0 Å². The Morgan fingerprint density at radius 3 is 2.37 bits per heavy atom. The van der Waals surface area contributed by atoms with Crippen LogP contribution in [0.25, 0.3) is 0 Å². The molecule has 0 aliphatic heterocycles. The second kappa shape index (κ2) is 5.66. The Kier molecular flexibility index (Phi) is 4.15. The molecule has 0 fully saturated rings. The monoisotopic (exact) mass is 273 g/mol. The summed E-state index contributed by atoms with van der Waals surface area (Å²) < 4.78 is 5.91. The van der Waals surface area contributed by atoms with Crippen molar-refractivity contribution in [3.63, 3.8) is 0 Å². The number of para-hydroxylation sites is 1. The standard InChI is InChI=1S/C16H19NOS/c1-12-10-15(18-13-8-6-5-7-9-13)17-11-14(12)19-16(2,3)4/h5-11H,1-4H3. The van der Waals surface area contributed by atoms with E-state index in [9.17, 15) is 0 Å². The minimum Gasteiger partial charge on any atom is -0.439 e. The number of rotatable bonds is 3. The van der Waals surface area contributed by atoms with Crippen LogP contribution in [-0.4, -0.2) is 9.73 Å². The molecule has 0 unspecified atom stereocenters. The number of hydrogen-bond donors (Lipinski definition) is 0. The van der Waals surface area contributed by atoms with Crippen molar-refractivity contribution < 1.29 is 4.74 Å². The lowest BCUT2D eigenvalue weighted by molar-refractivity contribution is 0.461.